The molecule has 17 heavy (non-hydrogen) atoms. The molecule has 2 aromatic heterocycles. The molecule has 0 spiro atoms. The highest BCUT2D eigenvalue weighted by Crippen LogP contribution is 2.40. The van der Waals surface area contributed by atoms with Crippen LogP contribution in [0.3, 0.4) is 0 Å². The Morgan fingerprint density at radius 1 is 1.41 bits per heavy atom. The molecule has 0 amide bonds. The van der Waals surface area contributed by atoms with Gasteiger partial charge in [-0.3, -0.25) is 0 Å². The Hall–Kier alpha value is -1.14. The first-order valence-electron chi connectivity index (χ1n) is 5.41. The third-order valence-corrected chi connectivity index (χ3v) is 4.56. The Balaban J connectivity index is 2.50. The zero-order valence-corrected chi connectivity index (χ0v) is 12.0. The summed E-state index contributed by atoms with van der Waals surface area (Å²) in [5.74, 6) is 0.576. The highest BCUT2D eigenvalue weighted by Gasteiger charge is 2.20. The molecule has 0 saturated carbocycles. The van der Waals surface area contributed by atoms with Crippen LogP contribution >= 0.6 is 22.9 Å². The van der Waals surface area contributed by atoms with Gasteiger partial charge in [-0.25, -0.2) is 4.98 Å². The average Bonchev–Trinajstić information content (AvgIpc) is 2.83. The highest BCUT2D eigenvalue weighted by atomic mass is 32.1. The van der Waals surface area contributed by atoms with E-state index in [4.69, 9.17) is 5.73 Å². The minimum atomic E-state index is 0.412. The van der Waals surface area contributed by atoms with E-state index in [0.717, 1.165) is 21.3 Å². The largest absolute Gasteiger partial charge is 0.382 e. The van der Waals surface area contributed by atoms with Crippen molar-refractivity contribution >= 4 is 33.7 Å². The van der Waals surface area contributed by atoms with Gasteiger partial charge >= 0.3 is 0 Å². The van der Waals surface area contributed by atoms with E-state index < -0.39 is 0 Å². The summed E-state index contributed by atoms with van der Waals surface area (Å²) < 4.78 is 4.25. The fraction of sp³-hybridized carbons (Fsp3) is 0.455. The summed E-state index contributed by atoms with van der Waals surface area (Å²) in [6, 6.07) is 0.412. The lowest BCUT2D eigenvalue weighted by molar-refractivity contribution is 0.761. The molecular weight excluding hydrogens is 252 g/mol. The molecule has 0 unspecified atom stereocenters. The van der Waals surface area contributed by atoms with E-state index in [9.17, 15) is 0 Å². The lowest BCUT2D eigenvalue weighted by Gasteiger charge is -2.22. The Morgan fingerprint density at radius 3 is 2.65 bits per heavy atom. The van der Waals surface area contributed by atoms with E-state index in [2.05, 4.69) is 35.2 Å². The number of aryl methyl sites for hydroxylation is 1. The van der Waals surface area contributed by atoms with Crippen molar-refractivity contribution in [2.45, 2.75) is 26.8 Å². The van der Waals surface area contributed by atoms with Crippen molar-refractivity contribution < 1.29 is 0 Å². The fourth-order valence-electron chi connectivity index (χ4n) is 1.44. The third kappa shape index (κ3) is 2.28. The van der Waals surface area contributed by atoms with Crippen LogP contribution in [0.2, 0.25) is 0 Å². The minimum Gasteiger partial charge on any atom is -0.382 e. The maximum absolute atomic E-state index is 5.96. The molecule has 2 heterocycles. The van der Waals surface area contributed by atoms with Crippen LogP contribution in [0.15, 0.2) is 5.38 Å². The number of aromatic nitrogens is 2. The molecule has 0 aliphatic rings. The Bertz CT molecular complexity index is 515. The summed E-state index contributed by atoms with van der Waals surface area (Å²) in [6.45, 7) is 6.28. The van der Waals surface area contributed by atoms with Crippen LogP contribution in [0.4, 0.5) is 10.8 Å². The molecule has 2 rings (SSSR count). The standard InChI is InChI=1S/C11H16N4S2/c1-6(2)15(4)11-8(9(12)14-17-11)10-13-7(3)5-16-10/h5-6H,1-4H3,(H2,12,14). The monoisotopic (exact) mass is 268 g/mol. The summed E-state index contributed by atoms with van der Waals surface area (Å²) in [5.41, 5.74) is 7.96. The number of nitrogens with zero attached hydrogens (tertiary/aromatic N) is 3. The summed E-state index contributed by atoms with van der Waals surface area (Å²) >= 11 is 3.05. The number of rotatable bonds is 3. The molecule has 0 aromatic carbocycles. The third-order valence-electron chi connectivity index (χ3n) is 2.63. The van der Waals surface area contributed by atoms with Gasteiger partial charge in [0.15, 0.2) is 0 Å². The second-order valence-electron chi connectivity index (χ2n) is 4.25. The fourth-order valence-corrected chi connectivity index (χ4v) is 3.26. The van der Waals surface area contributed by atoms with E-state index >= 15 is 0 Å². The van der Waals surface area contributed by atoms with Gasteiger partial charge in [0.25, 0.3) is 0 Å². The van der Waals surface area contributed by atoms with Crippen LogP contribution in [0.1, 0.15) is 19.5 Å². The number of hydrogen-bond acceptors (Lipinski definition) is 6. The van der Waals surface area contributed by atoms with Gasteiger partial charge in [0.05, 0.1) is 5.56 Å². The van der Waals surface area contributed by atoms with Crippen molar-refractivity contribution in [2.75, 3.05) is 17.7 Å². The molecule has 0 atom stereocenters. The van der Waals surface area contributed by atoms with Gasteiger partial charge in [-0.2, -0.15) is 4.37 Å². The summed E-state index contributed by atoms with van der Waals surface area (Å²) in [5, 5.41) is 4.08. The molecule has 0 fully saturated rings. The van der Waals surface area contributed by atoms with E-state index in [1.807, 2.05) is 12.3 Å². The van der Waals surface area contributed by atoms with Crippen molar-refractivity contribution in [1.82, 2.24) is 9.36 Å². The Labute approximate surface area is 109 Å². The Morgan fingerprint density at radius 2 is 2.12 bits per heavy atom. The lowest BCUT2D eigenvalue weighted by Crippen LogP contribution is -2.25. The first-order chi connectivity index (χ1) is 8.00. The maximum atomic E-state index is 5.96. The normalized spacial score (nSPS) is 11.1. The van der Waals surface area contributed by atoms with Gasteiger partial charge in [-0.15, -0.1) is 11.3 Å². The van der Waals surface area contributed by atoms with Gasteiger partial charge in [0, 0.05) is 24.2 Å². The molecule has 2 aromatic rings. The second kappa shape index (κ2) is 4.62. The first kappa shape index (κ1) is 12.3. The van der Waals surface area contributed by atoms with E-state index in [-0.39, 0.29) is 0 Å². The van der Waals surface area contributed by atoms with Crippen LogP contribution in [0.25, 0.3) is 10.6 Å². The van der Waals surface area contributed by atoms with Crippen molar-refractivity contribution in [3.05, 3.63) is 11.1 Å². The topological polar surface area (TPSA) is 55.0 Å². The predicted octanol–water partition coefficient (Wildman–Crippen LogP) is 3.00. The number of hydrogen-bond donors (Lipinski definition) is 1. The van der Waals surface area contributed by atoms with Gasteiger partial charge in [0.1, 0.15) is 15.8 Å². The smallest absolute Gasteiger partial charge is 0.149 e. The highest BCUT2D eigenvalue weighted by molar-refractivity contribution is 7.15. The van der Waals surface area contributed by atoms with Crippen LogP contribution in [0.5, 0.6) is 0 Å². The zero-order valence-electron chi connectivity index (χ0n) is 10.4. The van der Waals surface area contributed by atoms with Crippen LogP contribution in [-0.2, 0) is 0 Å². The molecule has 0 saturated heterocycles. The zero-order chi connectivity index (χ0) is 12.6. The quantitative estimate of drug-likeness (QED) is 0.929. The van der Waals surface area contributed by atoms with Crippen molar-refractivity contribution in [1.29, 1.82) is 0 Å². The molecule has 4 nitrogen and oxygen atoms in total. The number of nitrogen functional groups attached to an aromatic ring is 1. The number of nitrogens with two attached hydrogens (primary N) is 1. The molecule has 0 radical (unpaired) electrons. The molecule has 2 N–H and O–H groups in total. The molecule has 6 heteroatoms. The minimum absolute atomic E-state index is 0.412. The van der Waals surface area contributed by atoms with Gasteiger partial charge in [0.2, 0.25) is 0 Å². The number of anilines is 2. The lowest BCUT2D eigenvalue weighted by atomic mass is 10.2. The van der Waals surface area contributed by atoms with Crippen LogP contribution in [-0.4, -0.2) is 22.4 Å². The molecule has 0 aliphatic heterocycles. The van der Waals surface area contributed by atoms with E-state index in [1.165, 1.54) is 11.5 Å². The Kier molecular flexibility index (Phi) is 3.35. The van der Waals surface area contributed by atoms with Crippen LogP contribution < -0.4 is 10.6 Å². The van der Waals surface area contributed by atoms with E-state index in [0.29, 0.717) is 11.9 Å². The van der Waals surface area contributed by atoms with E-state index in [1.54, 1.807) is 11.3 Å². The summed E-state index contributed by atoms with van der Waals surface area (Å²) in [7, 11) is 2.06. The second-order valence-corrected chi connectivity index (χ2v) is 5.86. The SMILES string of the molecule is Cc1csc(-c2c(N)nsc2N(C)C(C)C)n1. The molecule has 92 valence electrons. The van der Waals surface area contributed by atoms with Gasteiger partial charge in [-0.05, 0) is 32.3 Å². The molecule has 0 bridgehead atoms. The first-order valence-corrected chi connectivity index (χ1v) is 7.06. The average molecular weight is 268 g/mol. The maximum Gasteiger partial charge on any atom is 0.149 e. The van der Waals surface area contributed by atoms with Gasteiger partial charge < -0.3 is 10.6 Å². The van der Waals surface area contributed by atoms with Crippen LogP contribution in [0, 0.1) is 6.92 Å². The summed E-state index contributed by atoms with van der Waals surface area (Å²) in [6.07, 6.45) is 0. The van der Waals surface area contributed by atoms with Crippen molar-refractivity contribution in [2.24, 2.45) is 0 Å². The van der Waals surface area contributed by atoms with Crippen molar-refractivity contribution in [3.63, 3.8) is 0 Å². The summed E-state index contributed by atoms with van der Waals surface area (Å²) in [4.78, 5) is 6.68. The predicted molar refractivity (Wildman–Crippen MR) is 75.9 cm³/mol. The van der Waals surface area contributed by atoms with Gasteiger partial charge in [-0.1, -0.05) is 0 Å². The molecule has 0 aliphatic carbocycles. The number of thiazole rings is 1. The van der Waals surface area contributed by atoms with Crippen molar-refractivity contribution in [3.8, 4) is 10.6 Å². The molecular formula is C11H16N4S2.